The van der Waals surface area contributed by atoms with E-state index in [1.165, 1.54) is 16.2 Å². The van der Waals surface area contributed by atoms with Crippen LogP contribution in [0.2, 0.25) is 0 Å². The van der Waals surface area contributed by atoms with E-state index in [0.29, 0.717) is 12.1 Å². The van der Waals surface area contributed by atoms with Gasteiger partial charge in [0.2, 0.25) is 5.91 Å². The number of nitrogens with zero attached hydrogens (tertiary/aromatic N) is 1. The SMILES string of the molecule is CCC(NC(=O)CNC(=O)c1cc(N=C(N)N)cc(C(F)(F)P)c1)c1cc(C(F)(F)F)cc(C(F)(F)F)c1. The quantitative estimate of drug-likeness (QED) is 0.161. The lowest BCUT2D eigenvalue weighted by Gasteiger charge is -2.21. The minimum Gasteiger partial charge on any atom is -0.370 e. The molecular formula is C22H22F8N5O2P. The molecule has 0 saturated carbocycles. The van der Waals surface area contributed by atoms with Crippen LogP contribution in [0.4, 0.5) is 40.8 Å². The predicted molar refractivity (Wildman–Crippen MR) is 125 cm³/mol. The zero-order valence-corrected chi connectivity index (χ0v) is 20.6. The molecule has 38 heavy (non-hydrogen) atoms. The third kappa shape index (κ3) is 8.54. The molecule has 0 aliphatic carbocycles. The minimum atomic E-state index is -5.08. The Morgan fingerprint density at radius 3 is 1.89 bits per heavy atom. The summed E-state index contributed by atoms with van der Waals surface area (Å²) in [5, 5.41) is 4.39. The molecule has 2 rings (SSSR count). The van der Waals surface area contributed by atoms with Crippen LogP contribution in [0.25, 0.3) is 0 Å². The summed E-state index contributed by atoms with van der Waals surface area (Å²) >= 11 is 0. The molecule has 2 atom stereocenters. The van der Waals surface area contributed by atoms with Gasteiger partial charge in [0.25, 0.3) is 11.6 Å². The van der Waals surface area contributed by atoms with Crippen LogP contribution in [0.15, 0.2) is 41.4 Å². The van der Waals surface area contributed by atoms with Gasteiger partial charge in [0.15, 0.2) is 5.96 Å². The van der Waals surface area contributed by atoms with Crippen molar-refractivity contribution in [1.29, 1.82) is 0 Å². The van der Waals surface area contributed by atoms with E-state index in [9.17, 15) is 44.7 Å². The van der Waals surface area contributed by atoms with Crippen molar-refractivity contribution < 1.29 is 44.7 Å². The van der Waals surface area contributed by atoms with Crippen LogP contribution in [0.1, 0.15) is 52.0 Å². The van der Waals surface area contributed by atoms with E-state index in [1.807, 2.05) is 0 Å². The fourth-order valence-corrected chi connectivity index (χ4v) is 3.42. The number of carbonyl (C=O) groups is 2. The number of alkyl halides is 8. The normalized spacial score (nSPS) is 13.0. The van der Waals surface area contributed by atoms with E-state index in [4.69, 9.17) is 11.5 Å². The topological polar surface area (TPSA) is 123 Å². The Balaban J connectivity index is 2.24. The van der Waals surface area contributed by atoms with Crippen LogP contribution in [0, 0.1) is 0 Å². The number of hydrogen-bond acceptors (Lipinski definition) is 3. The molecule has 2 amide bonds. The van der Waals surface area contributed by atoms with Gasteiger partial charge in [0, 0.05) is 11.1 Å². The monoisotopic (exact) mass is 571 g/mol. The Labute approximate surface area is 213 Å². The first-order valence-electron chi connectivity index (χ1n) is 10.6. The zero-order chi connectivity index (χ0) is 29.1. The molecule has 0 aliphatic rings. The second-order valence-electron chi connectivity index (χ2n) is 7.98. The van der Waals surface area contributed by atoms with Crippen LogP contribution in [0.3, 0.4) is 0 Å². The first kappa shape index (κ1) is 30.7. The van der Waals surface area contributed by atoms with Gasteiger partial charge in [-0.3, -0.25) is 9.59 Å². The van der Waals surface area contributed by atoms with Gasteiger partial charge in [0.05, 0.1) is 29.4 Å². The molecule has 0 aliphatic heterocycles. The summed E-state index contributed by atoms with van der Waals surface area (Å²) in [6.45, 7) is 0.635. The molecule has 208 valence electrons. The van der Waals surface area contributed by atoms with Gasteiger partial charge in [-0.05, 0) is 48.4 Å². The Morgan fingerprint density at radius 2 is 1.45 bits per heavy atom. The number of carbonyl (C=O) groups excluding carboxylic acids is 2. The third-order valence-corrected chi connectivity index (χ3v) is 5.32. The number of nitrogens with one attached hydrogen (secondary N) is 2. The zero-order valence-electron chi connectivity index (χ0n) is 19.5. The Kier molecular flexibility index (Phi) is 9.30. The van der Waals surface area contributed by atoms with Crippen molar-refractivity contribution in [2.24, 2.45) is 16.5 Å². The molecule has 0 saturated heterocycles. The molecule has 7 nitrogen and oxygen atoms in total. The Hall–Kier alpha value is -3.48. The average Bonchev–Trinajstić information content (AvgIpc) is 2.78. The van der Waals surface area contributed by atoms with Gasteiger partial charge < -0.3 is 22.1 Å². The highest BCUT2D eigenvalue weighted by Crippen LogP contribution is 2.38. The first-order valence-corrected chi connectivity index (χ1v) is 11.2. The summed E-state index contributed by atoms with van der Waals surface area (Å²) < 4.78 is 107. The number of aliphatic imine (C=N–C) groups is 1. The van der Waals surface area contributed by atoms with Crippen LogP contribution in [-0.4, -0.2) is 24.3 Å². The maximum Gasteiger partial charge on any atom is 0.416 e. The van der Waals surface area contributed by atoms with Gasteiger partial charge in [-0.15, -0.1) is 0 Å². The molecule has 2 unspecified atom stereocenters. The highest BCUT2D eigenvalue weighted by atomic mass is 31.0. The Morgan fingerprint density at radius 1 is 0.895 bits per heavy atom. The number of nitrogens with two attached hydrogens (primary N) is 2. The van der Waals surface area contributed by atoms with Crippen molar-refractivity contribution in [3.63, 3.8) is 0 Å². The molecule has 0 bridgehead atoms. The van der Waals surface area contributed by atoms with Crippen molar-refractivity contribution in [3.05, 3.63) is 64.2 Å². The lowest BCUT2D eigenvalue weighted by molar-refractivity contribution is -0.143. The number of hydrogen-bond donors (Lipinski definition) is 4. The highest BCUT2D eigenvalue weighted by molar-refractivity contribution is 7.17. The fraction of sp³-hybridized carbons (Fsp3) is 0.318. The maximum atomic E-state index is 13.8. The van der Waals surface area contributed by atoms with Gasteiger partial charge in [-0.2, -0.15) is 35.1 Å². The summed E-state index contributed by atoms with van der Waals surface area (Å²) in [6, 6.07) is 2.47. The van der Waals surface area contributed by atoms with Crippen molar-refractivity contribution in [2.45, 2.75) is 37.4 Å². The first-order chi connectivity index (χ1) is 17.3. The maximum absolute atomic E-state index is 13.8. The minimum absolute atomic E-state index is 0.0404. The summed E-state index contributed by atoms with van der Waals surface area (Å²) in [7, 11) is 1.27. The van der Waals surface area contributed by atoms with E-state index in [1.54, 1.807) is 0 Å². The highest BCUT2D eigenvalue weighted by Gasteiger charge is 2.37. The summed E-state index contributed by atoms with van der Waals surface area (Å²) in [5.74, 6) is -2.45. The van der Waals surface area contributed by atoms with Crippen molar-refractivity contribution in [1.82, 2.24) is 10.6 Å². The average molecular weight is 571 g/mol. The Bertz CT molecular complexity index is 1190. The van der Waals surface area contributed by atoms with E-state index in [-0.39, 0.29) is 23.7 Å². The summed E-state index contributed by atoms with van der Waals surface area (Å²) in [5.41, 5.74) is 2.28. The number of halogens is 8. The molecule has 6 N–H and O–H groups in total. The summed E-state index contributed by atoms with van der Waals surface area (Å²) in [6.07, 6.45) is -10.2. The molecular weight excluding hydrogens is 549 g/mol. The number of amides is 2. The molecule has 0 aromatic heterocycles. The molecule has 2 aromatic rings. The second kappa shape index (κ2) is 11.5. The number of rotatable bonds is 8. The largest absolute Gasteiger partial charge is 0.416 e. The van der Waals surface area contributed by atoms with Gasteiger partial charge in [-0.1, -0.05) is 16.2 Å². The standard InChI is InChI=1S/C22H22F8N5O2P/c1-2-16(10-3-12(20(23,24)25)7-13(4-10)21(26,27)28)35-17(36)9-33-18(37)11-5-14(22(29,30)38)8-15(6-11)34-19(31)32/h3-8,16H,2,9,38H2,1H3,(H,33,37)(H,35,36)(H4,31,32,34). The fourth-order valence-electron chi connectivity index (χ4n) is 3.26. The molecule has 0 heterocycles. The van der Waals surface area contributed by atoms with Gasteiger partial charge >= 0.3 is 12.4 Å². The van der Waals surface area contributed by atoms with E-state index in [2.05, 4.69) is 15.6 Å². The van der Waals surface area contributed by atoms with Crippen LogP contribution in [-0.2, 0) is 22.8 Å². The lowest BCUT2D eigenvalue weighted by Crippen LogP contribution is -2.38. The van der Waals surface area contributed by atoms with Crippen molar-refractivity contribution in [2.75, 3.05) is 6.54 Å². The molecule has 16 heteroatoms. The third-order valence-electron chi connectivity index (χ3n) is 4.99. The molecule has 0 radical (unpaired) electrons. The van der Waals surface area contributed by atoms with Gasteiger partial charge in [0.1, 0.15) is 0 Å². The molecule has 0 spiro atoms. The molecule has 0 fully saturated rings. The second-order valence-corrected chi connectivity index (χ2v) is 8.70. The predicted octanol–water partition coefficient (Wildman–Crippen LogP) is 4.55. The number of guanidine groups is 1. The van der Waals surface area contributed by atoms with E-state index < -0.39 is 70.6 Å². The van der Waals surface area contributed by atoms with E-state index >= 15 is 0 Å². The lowest BCUT2D eigenvalue weighted by atomic mass is 9.98. The van der Waals surface area contributed by atoms with Crippen LogP contribution in [0.5, 0.6) is 0 Å². The molecule has 2 aromatic carbocycles. The van der Waals surface area contributed by atoms with Crippen molar-refractivity contribution >= 4 is 32.7 Å². The van der Waals surface area contributed by atoms with Crippen LogP contribution >= 0.6 is 9.24 Å². The smallest absolute Gasteiger partial charge is 0.370 e. The van der Waals surface area contributed by atoms with Crippen molar-refractivity contribution in [3.8, 4) is 0 Å². The van der Waals surface area contributed by atoms with E-state index in [0.717, 1.165) is 18.2 Å². The van der Waals surface area contributed by atoms with Crippen LogP contribution < -0.4 is 22.1 Å². The number of benzene rings is 2. The summed E-state index contributed by atoms with van der Waals surface area (Å²) in [4.78, 5) is 28.5. The van der Waals surface area contributed by atoms with Gasteiger partial charge in [-0.25, -0.2) is 4.99 Å².